The van der Waals surface area contributed by atoms with E-state index in [0.717, 1.165) is 12.3 Å². The maximum absolute atomic E-state index is 12.5. The topological polar surface area (TPSA) is 80.0 Å². The molecule has 0 atom stereocenters. The number of halogens is 3. The average molecular weight is 338 g/mol. The molecule has 3 saturated carbocycles. The molecule has 0 spiro atoms. The molecule has 5 rings (SSSR count). The molecule has 2 heterocycles. The lowest BCUT2D eigenvalue weighted by molar-refractivity contribution is -0.141. The minimum absolute atomic E-state index is 0.132. The monoisotopic (exact) mass is 338 g/mol. The van der Waals surface area contributed by atoms with Crippen molar-refractivity contribution < 1.29 is 23.1 Å². The van der Waals surface area contributed by atoms with Crippen molar-refractivity contribution in [1.29, 1.82) is 0 Å². The van der Waals surface area contributed by atoms with Crippen molar-refractivity contribution in [1.82, 2.24) is 19.9 Å². The lowest BCUT2D eigenvalue weighted by Gasteiger charge is -2.70. The summed E-state index contributed by atoms with van der Waals surface area (Å²) < 4.78 is 39.5. The Balaban J connectivity index is 1.50. The van der Waals surface area contributed by atoms with Gasteiger partial charge in [0.05, 0.1) is 23.1 Å². The van der Waals surface area contributed by atoms with Gasteiger partial charge >= 0.3 is 12.3 Å². The van der Waals surface area contributed by atoms with Crippen LogP contribution in [0.25, 0.3) is 11.3 Å². The van der Waals surface area contributed by atoms with E-state index in [1.165, 1.54) is 6.07 Å². The van der Waals surface area contributed by atoms with Crippen molar-refractivity contribution >= 4 is 6.09 Å². The van der Waals surface area contributed by atoms with E-state index in [1.54, 1.807) is 12.5 Å². The van der Waals surface area contributed by atoms with E-state index in [9.17, 15) is 18.0 Å². The van der Waals surface area contributed by atoms with Crippen LogP contribution in [-0.4, -0.2) is 31.3 Å². The van der Waals surface area contributed by atoms with Crippen molar-refractivity contribution in [3.8, 4) is 11.3 Å². The number of pyridine rings is 1. The van der Waals surface area contributed by atoms with Gasteiger partial charge in [-0.1, -0.05) is 0 Å². The molecule has 24 heavy (non-hydrogen) atoms. The Hall–Kier alpha value is -2.58. The molecule has 3 fully saturated rings. The van der Waals surface area contributed by atoms with Gasteiger partial charge in [0.25, 0.3) is 0 Å². The number of carbonyl (C=O) groups is 1. The average Bonchev–Trinajstić information content (AvgIpc) is 2.89. The molecule has 0 aliphatic heterocycles. The molecule has 0 aromatic carbocycles. The predicted molar refractivity (Wildman–Crippen MR) is 76.2 cm³/mol. The predicted octanol–water partition coefficient (Wildman–Crippen LogP) is 2.86. The van der Waals surface area contributed by atoms with Gasteiger partial charge in [-0.05, 0) is 31.4 Å². The quantitative estimate of drug-likeness (QED) is 0.902. The standard InChI is InChI=1S/C15H13F3N4O2/c16-15(17,18)11-2-1-9(3-19-11)10-4-22(8-20-10)14-5-13(6-14,7-14)21-12(23)24/h1-4,8,21H,5-7H2,(H,23,24). The molecule has 2 N–H and O–H groups in total. The Morgan fingerprint density at radius 1 is 1.25 bits per heavy atom. The maximum atomic E-state index is 12.5. The summed E-state index contributed by atoms with van der Waals surface area (Å²) in [5.74, 6) is 0. The Morgan fingerprint density at radius 3 is 2.50 bits per heavy atom. The third-order valence-electron chi connectivity index (χ3n) is 4.85. The first-order valence-electron chi connectivity index (χ1n) is 7.31. The molecule has 6 nitrogen and oxygen atoms in total. The van der Waals surface area contributed by atoms with Gasteiger partial charge < -0.3 is 15.0 Å². The Labute approximate surface area is 134 Å². The molecule has 1 amide bonds. The number of nitrogens with zero attached hydrogens (tertiary/aromatic N) is 3. The van der Waals surface area contributed by atoms with Gasteiger partial charge in [0.1, 0.15) is 5.69 Å². The third-order valence-corrected chi connectivity index (χ3v) is 4.85. The molecular weight excluding hydrogens is 325 g/mol. The lowest BCUT2D eigenvalue weighted by atomic mass is 9.44. The summed E-state index contributed by atoms with van der Waals surface area (Å²) in [7, 11) is 0. The number of alkyl halides is 3. The molecule has 0 unspecified atom stereocenters. The molecule has 9 heteroatoms. The summed E-state index contributed by atoms with van der Waals surface area (Å²) in [6.45, 7) is 0. The zero-order valence-electron chi connectivity index (χ0n) is 12.3. The first-order valence-corrected chi connectivity index (χ1v) is 7.31. The van der Waals surface area contributed by atoms with Crippen LogP contribution < -0.4 is 5.32 Å². The van der Waals surface area contributed by atoms with E-state index in [4.69, 9.17) is 5.11 Å². The second kappa shape index (κ2) is 4.49. The summed E-state index contributed by atoms with van der Waals surface area (Å²) in [5.41, 5.74) is -0.348. The van der Waals surface area contributed by atoms with Crippen LogP contribution in [0.15, 0.2) is 30.9 Å². The number of hydrogen-bond donors (Lipinski definition) is 2. The maximum Gasteiger partial charge on any atom is 0.433 e. The summed E-state index contributed by atoms with van der Waals surface area (Å²) in [6.07, 6.45) is 1.18. The smallest absolute Gasteiger partial charge is 0.433 e. The second-order valence-electron chi connectivity index (χ2n) is 6.56. The molecule has 2 aromatic rings. The van der Waals surface area contributed by atoms with Crippen LogP contribution in [0.5, 0.6) is 0 Å². The highest BCUT2D eigenvalue weighted by Crippen LogP contribution is 2.65. The van der Waals surface area contributed by atoms with Crippen LogP contribution >= 0.6 is 0 Å². The molecular formula is C15H13F3N4O2. The number of amides is 1. The Bertz CT molecular complexity index is 793. The number of rotatable bonds is 3. The van der Waals surface area contributed by atoms with Crippen molar-refractivity contribution in [2.75, 3.05) is 0 Å². The van der Waals surface area contributed by atoms with E-state index in [-0.39, 0.29) is 11.1 Å². The zero-order valence-corrected chi connectivity index (χ0v) is 12.3. The van der Waals surface area contributed by atoms with Crippen LogP contribution in [-0.2, 0) is 11.7 Å². The van der Waals surface area contributed by atoms with Gasteiger partial charge in [-0.25, -0.2) is 9.78 Å². The van der Waals surface area contributed by atoms with Gasteiger partial charge in [-0.3, -0.25) is 4.98 Å². The van der Waals surface area contributed by atoms with Gasteiger partial charge in [0.15, 0.2) is 0 Å². The van der Waals surface area contributed by atoms with Crippen molar-refractivity contribution in [2.24, 2.45) is 0 Å². The molecule has 2 aromatic heterocycles. The van der Waals surface area contributed by atoms with Gasteiger partial charge in [-0.15, -0.1) is 0 Å². The summed E-state index contributed by atoms with van der Waals surface area (Å²) in [4.78, 5) is 18.4. The number of aromatic nitrogens is 3. The van der Waals surface area contributed by atoms with E-state index in [0.29, 0.717) is 30.5 Å². The first kappa shape index (κ1) is 15.0. The fourth-order valence-corrected chi connectivity index (χ4v) is 3.81. The Morgan fingerprint density at radius 2 is 1.96 bits per heavy atom. The van der Waals surface area contributed by atoms with E-state index < -0.39 is 18.0 Å². The first-order chi connectivity index (χ1) is 11.2. The molecule has 0 saturated heterocycles. The number of carboxylic acid groups (broad SMARTS) is 1. The summed E-state index contributed by atoms with van der Waals surface area (Å²) in [6, 6.07) is 2.28. The fraction of sp³-hybridized carbons (Fsp3) is 0.400. The van der Waals surface area contributed by atoms with Crippen molar-refractivity contribution in [3.05, 3.63) is 36.5 Å². The lowest BCUT2D eigenvalue weighted by Crippen LogP contribution is -2.78. The van der Waals surface area contributed by atoms with Crippen molar-refractivity contribution in [2.45, 2.75) is 36.5 Å². The summed E-state index contributed by atoms with van der Waals surface area (Å²) >= 11 is 0. The summed E-state index contributed by atoms with van der Waals surface area (Å²) in [5, 5.41) is 11.3. The molecule has 0 radical (unpaired) electrons. The highest BCUT2D eigenvalue weighted by atomic mass is 19.4. The minimum atomic E-state index is -4.46. The second-order valence-corrected chi connectivity index (χ2v) is 6.56. The molecule has 3 aliphatic carbocycles. The van der Waals surface area contributed by atoms with E-state index >= 15 is 0 Å². The molecule has 2 bridgehead atoms. The third kappa shape index (κ3) is 2.15. The Kier molecular flexibility index (Phi) is 2.80. The van der Waals surface area contributed by atoms with E-state index in [2.05, 4.69) is 15.3 Å². The number of hydrogen-bond acceptors (Lipinski definition) is 3. The minimum Gasteiger partial charge on any atom is -0.465 e. The van der Waals surface area contributed by atoms with Crippen LogP contribution in [0.4, 0.5) is 18.0 Å². The fourth-order valence-electron chi connectivity index (χ4n) is 3.81. The number of imidazole rings is 1. The SMILES string of the molecule is O=C(O)NC12CC(n3cnc(-c4ccc(C(F)(F)F)nc4)c3)(C1)C2. The largest absolute Gasteiger partial charge is 0.465 e. The normalized spacial score (nSPS) is 28.0. The van der Waals surface area contributed by atoms with Gasteiger partial charge in [0, 0.05) is 18.0 Å². The van der Waals surface area contributed by atoms with Gasteiger partial charge in [0.2, 0.25) is 0 Å². The zero-order chi connectivity index (χ0) is 17.2. The van der Waals surface area contributed by atoms with Crippen molar-refractivity contribution in [3.63, 3.8) is 0 Å². The highest BCUT2D eigenvalue weighted by Gasteiger charge is 2.69. The number of nitrogens with one attached hydrogen (secondary N) is 1. The van der Waals surface area contributed by atoms with Gasteiger partial charge in [-0.2, -0.15) is 13.2 Å². The van der Waals surface area contributed by atoms with E-state index in [1.807, 2.05) is 4.57 Å². The molecule has 126 valence electrons. The molecule has 3 aliphatic rings. The highest BCUT2D eigenvalue weighted by molar-refractivity contribution is 5.67. The van der Waals surface area contributed by atoms with Crippen LogP contribution in [0, 0.1) is 0 Å². The van der Waals surface area contributed by atoms with Crippen LogP contribution in [0.1, 0.15) is 25.0 Å². The van der Waals surface area contributed by atoms with Crippen LogP contribution in [0.3, 0.4) is 0 Å². The van der Waals surface area contributed by atoms with Crippen LogP contribution in [0.2, 0.25) is 0 Å².